The van der Waals surface area contributed by atoms with Crippen LogP contribution in [-0.2, 0) is 4.79 Å². The van der Waals surface area contributed by atoms with E-state index in [-0.39, 0.29) is 11.6 Å². The molecule has 2 N–H and O–H groups in total. The van der Waals surface area contributed by atoms with E-state index < -0.39 is 17.3 Å². The van der Waals surface area contributed by atoms with E-state index in [9.17, 15) is 18.8 Å². The van der Waals surface area contributed by atoms with Crippen molar-refractivity contribution in [3.05, 3.63) is 76.5 Å². The maximum atomic E-state index is 13.1. The molecule has 4 aromatic rings. The molecular weight excluding hydrogens is 409 g/mol. The van der Waals surface area contributed by atoms with Crippen molar-refractivity contribution in [3.63, 3.8) is 0 Å². The largest absolute Gasteiger partial charge is 0.321 e. The smallest absolute Gasteiger partial charge is 0.276 e. The number of hydrogen-bond donors (Lipinski definition) is 2. The number of aromatic nitrogens is 3. The van der Waals surface area contributed by atoms with Crippen LogP contribution in [0.15, 0.2) is 59.4 Å². The molecular formula is C20H14FN5O3S. The van der Waals surface area contributed by atoms with Gasteiger partial charge >= 0.3 is 0 Å². The molecule has 0 aliphatic heterocycles. The number of rotatable bonds is 4. The number of halogens is 1. The second kappa shape index (κ2) is 7.84. The second-order valence-electron chi connectivity index (χ2n) is 6.28. The van der Waals surface area contributed by atoms with E-state index in [1.165, 1.54) is 54.7 Å². The Balaban J connectivity index is 1.59. The fourth-order valence-electron chi connectivity index (χ4n) is 2.70. The standard InChI is InChI=1S/C20H14FN5O3S/c1-11(27)22-20-24-15-7-4-13(10-17(15)30-20)23-19(29)16-8-9-18(28)26(25-16)14-5-2-12(21)3-6-14/h2-10H,1H3,(H,23,29)(H,22,24,27). The molecule has 0 bridgehead atoms. The molecule has 2 aromatic carbocycles. The fraction of sp³-hybridized carbons (Fsp3) is 0.0500. The lowest BCUT2D eigenvalue weighted by atomic mass is 10.2. The first-order valence-corrected chi connectivity index (χ1v) is 9.56. The van der Waals surface area contributed by atoms with Crippen LogP contribution < -0.4 is 16.2 Å². The molecule has 0 saturated carbocycles. The van der Waals surface area contributed by atoms with Crippen LogP contribution in [0, 0.1) is 5.82 Å². The topological polar surface area (TPSA) is 106 Å². The van der Waals surface area contributed by atoms with Crippen LogP contribution in [0.25, 0.3) is 15.9 Å². The van der Waals surface area contributed by atoms with E-state index in [0.29, 0.717) is 22.0 Å². The lowest BCUT2D eigenvalue weighted by molar-refractivity contribution is -0.114. The Hall–Kier alpha value is -3.92. The molecule has 0 atom stereocenters. The number of hydrogen-bond acceptors (Lipinski definition) is 6. The van der Waals surface area contributed by atoms with Crippen LogP contribution >= 0.6 is 11.3 Å². The van der Waals surface area contributed by atoms with Crippen molar-refractivity contribution in [2.24, 2.45) is 0 Å². The van der Waals surface area contributed by atoms with Crippen LogP contribution in [0.4, 0.5) is 15.2 Å². The van der Waals surface area contributed by atoms with Crippen molar-refractivity contribution in [2.75, 3.05) is 10.6 Å². The quantitative estimate of drug-likeness (QED) is 0.524. The fourth-order valence-corrected chi connectivity index (χ4v) is 3.65. The highest BCUT2D eigenvalue weighted by atomic mass is 32.1. The number of nitrogens with one attached hydrogen (secondary N) is 2. The molecule has 30 heavy (non-hydrogen) atoms. The predicted molar refractivity (Wildman–Crippen MR) is 112 cm³/mol. The average molecular weight is 423 g/mol. The zero-order valence-corrected chi connectivity index (χ0v) is 16.4. The van der Waals surface area contributed by atoms with Crippen molar-refractivity contribution in [3.8, 4) is 5.69 Å². The number of carbonyl (C=O) groups excluding carboxylic acids is 2. The van der Waals surface area contributed by atoms with Crippen LogP contribution in [0.1, 0.15) is 17.4 Å². The summed E-state index contributed by atoms with van der Waals surface area (Å²) in [4.78, 5) is 40.2. The molecule has 150 valence electrons. The Morgan fingerprint density at radius 2 is 1.80 bits per heavy atom. The molecule has 8 nitrogen and oxygen atoms in total. The van der Waals surface area contributed by atoms with Crippen LogP contribution in [0.3, 0.4) is 0 Å². The molecule has 0 aliphatic rings. The van der Waals surface area contributed by atoms with Crippen LogP contribution in [0.5, 0.6) is 0 Å². The van der Waals surface area contributed by atoms with Gasteiger partial charge in [0.2, 0.25) is 5.91 Å². The molecule has 0 saturated heterocycles. The van der Waals surface area contributed by atoms with Crippen molar-refractivity contribution in [2.45, 2.75) is 6.92 Å². The minimum atomic E-state index is -0.517. The first-order chi connectivity index (χ1) is 14.4. The van der Waals surface area contributed by atoms with Crippen LogP contribution in [0.2, 0.25) is 0 Å². The van der Waals surface area contributed by atoms with Gasteiger partial charge in [-0.1, -0.05) is 11.3 Å². The maximum Gasteiger partial charge on any atom is 0.276 e. The van der Waals surface area contributed by atoms with Crippen molar-refractivity contribution >= 4 is 44.2 Å². The highest BCUT2D eigenvalue weighted by Crippen LogP contribution is 2.28. The summed E-state index contributed by atoms with van der Waals surface area (Å²) < 4.78 is 14.9. The number of carbonyl (C=O) groups is 2. The summed E-state index contributed by atoms with van der Waals surface area (Å²) in [5, 5.41) is 9.90. The van der Waals surface area contributed by atoms with Gasteiger partial charge in [-0.05, 0) is 48.5 Å². The summed E-state index contributed by atoms with van der Waals surface area (Å²) >= 11 is 1.28. The Labute approximate surface area is 173 Å². The molecule has 2 heterocycles. The zero-order chi connectivity index (χ0) is 21.3. The average Bonchev–Trinajstić information content (AvgIpc) is 3.09. The highest BCUT2D eigenvalue weighted by Gasteiger charge is 2.13. The second-order valence-corrected chi connectivity index (χ2v) is 7.31. The minimum absolute atomic E-state index is 0.0160. The molecule has 2 amide bonds. The van der Waals surface area contributed by atoms with Gasteiger partial charge in [0, 0.05) is 18.7 Å². The molecule has 0 aliphatic carbocycles. The highest BCUT2D eigenvalue weighted by molar-refractivity contribution is 7.22. The summed E-state index contributed by atoms with van der Waals surface area (Å²) in [6, 6.07) is 12.9. The lowest BCUT2D eigenvalue weighted by Crippen LogP contribution is -2.24. The summed E-state index contributed by atoms with van der Waals surface area (Å²) in [6.07, 6.45) is 0. The van der Waals surface area contributed by atoms with Gasteiger partial charge in [0.15, 0.2) is 5.13 Å². The minimum Gasteiger partial charge on any atom is -0.321 e. The molecule has 0 unspecified atom stereocenters. The molecule has 4 rings (SSSR count). The van der Waals surface area contributed by atoms with Gasteiger partial charge in [-0.2, -0.15) is 9.78 Å². The Bertz CT molecular complexity index is 1330. The maximum absolute atomic E-state index is 13.1. The van der Waals surface area contributed by atoms with Crippen molar-refractivity contribution < 1.29 is 14.0 Å². The van der Waals surface area contributed by atoms with Gasteiger partial charge in [0.1, 0.15) is 11.5 Å². The molecule has 2 aromatic heterocycles. The number of benzene rings is 2. The number of nitrogens with zero attached hydrogens (tertiary/aromatic N) is 3. The van der Waals surface area contributed by atoms with E-state index in [4.69, 9.17) is 0 Å². The monoisotopic (exact) mass is 423 g/mol. The van der Waals surface area contributed by atoms with Crippen molar-refractivity contribution in [1.82, 2.24) is 14.8 Å². The zero-order valence-electron chi connectivity index (χ0n) is 15.5. The Kier molecular flexibility index (Phi) is 5.07. The first-order valence-electron chi connectivity index (χ1n) is 8.75. The molecule has 0 fully saturated rings. The number of thiazole rings is 1. The molecule has 0 spiro atoms. The number of fused-ring (bicyclic) bond motifs is 1. The summed E-state index contributed by atoms with van der Waals surface area (Å²) in [7, 11) is 0. The van der Waals surface area contributed by atoms with Crippen LogP contribution in [-0.4, -0.2) is 26.6 Å². The van der Waals surface area contributed by atoms with E-state index in [1.54, 1.807) is 18.2 Å². The van der Waals surface area contributed by atoms with E-state index in [2.05, 4.69) is 20.7 Å². The third-order valence-electron chi connectivity index (χ3n) is 4.03. The normalized spacial score (nSPS) is 10.7. The summed E-state index contributed by atoms with van der Waals surface area (Å²) in [6.45, 7) is 1.40. The first kappa shape index (κ1) is 19.4. The third kappa shape index (κ3) is 4.08. The van der Waals surface area contributed by atoms with E-state index >= 15 is 0 Å². The van der Waals surface area contributed by atoms with Gasteiger partial charge in [0.25, 0.3) is 11.5 Å². The third-order valence-corrected chi connectivity index (χ3v) is 4.97. The Morgan fingerprint density at radius 3 is 2.53 bits per heavy atom. The SMILES string of the molecule is CC(=O)Nc1nc2ccc(NC(=O)c3ccc(=O)n(-c4ccc(F)cc4)n3)cc2s1. The number of amides is 2. The van der Waals surface area contributed by atoms with Gasteiger partial charge in [-0.25, -0.2) is 9.37 Å². The van der Waals surface area contributed by atoms with Gasteiger partial charge < -0.3 is 10.6 Å². The van der Waals surface area contributed by atoms with E-state index in [0.717, 1.165) is 9.38 Å². The summed E-state index contributed by atoms with van der Waals surface area (Å²) in [5.74, 6) is -1.18. The van der Waals surface area contributed by atoms with Gasteiger partial charge in [-0.15, -0.1) is 0 Å². The molecule has 10 heteroatoms. The molecule has 0 radical (unpaired) electrons. The summed E-state index contributed by atoms with van der Waals surface area (Å²) in [5.41, 5.74) is 1.10. The van der Waals surface area contributed by atoms with Gasteiger partial charge in [-0.3, -0.25) is 14.4 Å². The Morgan fingerprint density at radius 1 is 1.03 bits per heavy atom. The predicted octanol–water partition coefficient (Wildman–Crippen LogP) is 3.19. The lowest BCUT2D eigenvalue weighted by Gasteiger charge is -2.08. The van der Waals surface area contributed by atoms with Crippen molar-refractivity contribution in [1.29, 1.82) is 0 Å². The van der Waals surface area contributed by atoms with E-state index in [1.807, 2.05) is 0 Å². The number of anilines is 2. The van der Waals surface area contributed by atoms with Gasteiger partial charge in [0.05, 0.1) is 15.9 Å².